The highest BCUT2D eigenvalue weighted by Gasteiger charge is 2.34. The van der Waals surface area contributed by atoms with Gasteiger partial charge in [-0.25, -0.2) is 0 Å². The molecular weight excluding hydrogens is 403 g/mol. The highest BCUT2D eigenvalue weighted by molar-refractivity contribution is 5.68. The maximum absolute atomic E-state index is 13.1. The zero-order valence-electron chi connectivity index (χ0n) is 18.7. The van der Waals surface area contributed by atoms with Crippen LogP contribution in [0.15, 0.2) is 30.3 Å². The van der Waals surface area contributed by atoms with Gasteiger partial charge >= 0.3 is 12.1 Å². The fourth-order valence-electron chi connectivity index (χ4n) is 4.77. The van der Waals surface area contributed by atoms with E-state index >= 15 is 0 Å². The molecule has 1 aromatic heterocycles. The molecule has 0 amide bonds. The Morgan fingerprint density at radius 2 is 1.77 bits per heavy atom. The van der Waals surface area contributed by atoms with Crippen molar-refractivity contribution >= 4 is 5.97 Å². The summed E-state index contributed by atoms with van der Waals surface area (Å²) in [5, 5.41) is 9.43. The highest BCUT2D eigenvalue weighted by atomic mass is 19.4. The number of alkyl halides is 3. The molecule has 0 bridgehead atoms. The number of aromatic nitrogens is 1. The van der Waals surface area contributed by atoms with Gasteiger partial charge in [-0.05, 0) is 66.8 Å². The van der Waals surface area contributed by atoms with E-state index < -0.39 is 17.7 Å². The summed E-state index contributed by atoms with van der Waals surface area (Å²) in [5.74, 6) is -0.189. The number of benzene rings is 1. The number of aryl methyl sites for hydroxylation is 1. The monoisotopic (exact) mass is 435 g/mol. The van der Waals surface area contributed by atoms with E-state index in [9.17, 15) is 23.1 Å². The summed E-state index contributed by atoms with van der Waals surface area (Å²) in [7, 11) is 0. The molecular formula is C25H32F3NO2. The number of halogens is 3. The summed E-state index contributed by atoms with van der Waals surface area (Å²) in [6.07, 6.45) is -0.901. The lowest BCUT2D eigenvalue weighted by atomic mass is 9.94. The van der Waals surface area contributed by atoms with Crippen LogP contribution < -0.4 is 0 Å². The summed E-state index contributed by atoms with van der Waals surface area (Å²) in [4.78, 5) is 11.5. The first-order chi connectivity index (χ1) is 14.5. The third-order valence-corrected chi connectivity index (χ3v) is 6.30. The molecule has 1 unspecified atom stereocenters. The van der Waals surface area contributed by atoms with Crippen LogP contribution in [0.5, 0.6) is 0 Å². The number of carboxylic acid groups (broad SMARTS) is 1. The van der Waals surface area contributed by atoms with Crippen molar-refractivity contribution in [3.63, 3.8) is 0 Å². The molecule has 2 aromatic rings. The zero-order chi connectivity index (χ0) is 22.9. The Morgan fingerprint density at radius 3 is 2.29 bits per heavy atom. The minimum Gasteiger partial charge on any atom is -0.481 e. The zero-order valence-corrected chi connectivity index (χ0v) is 18.7. The Bertz CT molecular complexity index is 910. The smallest absolute Gasteiger partial charge is 0.416 e. The predicted octanol–water partition coefficient (Wildman–Crippen LogP) is 7.16. The van der Waals surface area contributed by atoms with Crippen LogP contribution >= 0.6 is 0 Å². The molecule has 0 saturated heterocycles. The molecule has 0 saturated carbocycles. The summed E-state index contributed by atoms with van der Waals surface area (Å²) in [6, 6.07) is 7.57. The molecule has 0 aliphatic heterocycles. The van der Waals surface area contributed by atoms with Crippen molar-refractivity contribution < 1.29 is 23.1 Å². The van der Waals surface area contributed by atoms with Gasteiger partial charge in [0.25, 0.3) is 0 Å². The van der Waals surface area contributed by atoms with Crippen LogP contribution in [0.4, 0.5) is 13.2 Å². The van der Waals surface area contributed by atoms with E-state index in [0.29, 0.717) is 5.92 Å². The minimum atomic E-state index is -4.36. The van der Waals surface area contributed by atoms with Crippen molar-refractivity contribution in [2.75, 3.05) is 0 Å². The lowest BCUT2D eigenvalue weighted by molar-refractivity contribution is -0.138. The third-order valence-electron chi connectivity index (χ3n) is 6.30. The average molecular weight is 436 g/mol. The van der Waals surface area contributed by atoms with Gasteiger partial charge in [-0.2, -0.15) is 13.2 Å². The maximum Gasteiger partial charge on any atom is 0.416 e. The van der Waals surface area contributed by atoms with Gasteiger partial charge in [0.1, 0.15) is 0 Å². The lowest BCUT2D eigenvalue weighted by Gasteiger charge is -2.29. The molecule has 170 valence electrons. The first-order valence-corrected chi connectivity index (χ1v) is 11.1. The van der Waals surface area contributed by atoms with Crippen molar-refractivity contribution in [3.05, 3.63) is 58.4 Å². The Balaban J connectivity index is 2.12. The van der Waals surface area contributed by atoms with E-state index in [1.807, 2.05) is 0 Å². The number of rotatable bonds is 8. The van der Waals surface area contributed by atoms with Gasteiger partial charge in [0.15, 0.2) is 0 Å². The Hall–Kier alpha value is -2.24. The molecule has 1 aliphatic rings. The van der Waals surface area contributed by atoms with E-state index in [0.717, 1.165) is 54.8 Å². The average Bonchev–Trinajstić information content (AvgIpc) is 3.22. The minimum absolute atomic E-state index is 0.0593. The number of aliphatic carboxylic acids is 1. The van der Waals surface area contributed by atoms with Crippen molar-refractivity contribution in [3.8, 4) is 0 Å². The molecule has 3 nitrogen and oxygen atoms in total. The standard InChI is InChI=1S/C25H32F3NO2/c1-15(2)5-12-21(17-8-10-20(11-9-17)25(26,27)28)29-22(16(3)4)13-18-6-7-19(24(18)29)14-23(30)31/h8-11,13,15-16,19,21H,5-7,12,14H2,1-4H3,(H,30,31)/t19?,21-/m0/s1. The van der Waals surface area contributed by atoms with Crippen molar-refractivity contribution in [1.82, 2.24) is 4.57 Å². The summed E-state index contributed by atoms with van der Waals surface area (Å²) in [5.41, 5.74) is 3.59. The molecule has 1 heterocycles. The molecule has 0 fully saturated rings. The van der Waals surface area contributed by atoms with E-state index in [1.54, 1.807) is 12.1 Å². The number of carbonyl (C=O) groups is 1. The van der Waals surface area contributed by atoms with Gasteiger partial charge in [0, 0.05) is 17.3 Å². The largest absolute Gasteiger partial charge is 0.481 e. The molecule has 1 aromatic carbocycles. The molecule has 3 rings (SSSR count). The second-order valence-corrected chi connectivity index (χ2v) is 9.44. The number of nitrogens with zero attached hydrogens (tertiary/aromatic N) is 1. The molecule has 1 aliphatic carbocycles. The quantitative estimate of drug-likeness (QED) is 0.478. The summed E-state index contributed by atoms with van der Waals surface area (Å²) in [6.45, 7) is 8.50. The number of carboxylic acids is 1. The van der Waals surface area contributed by atoms with Crippen LogP contribution in [0.2, 0.25) is 0 Å². The van der Waals surface area contributed by atoms with Crippen molar-refractivity contribution in [2.45, 2.75) is 83.9 Å². The summed E-state index contributed by atoms with van der Waals surface area (Å²) < 4.78 is 41.6. The molecule has 1 N–H and O–H groups in total. The molecule has 2 atom stereocenters. The first-order valence-electron chi connectivity index (χ1n) is 11.1. The third kappa shape index (κ3) is 5.16. The Labute approximate surface area is 182 Å². The topological polar surface area (TPSA) is 42.2 Å². The normalized spacial score (nSPS) is 17.4. The Morgan fingerprint density at radius 1 is 1.13 bits per heavy atom. The van der Waals surface area contributed by atoms with Crippen LogP contribution in [0.25, 0.3) is 0 Å². The van der Waals surface area contributed by atoms with E-state index in [4.69, 9.17) is 0 Å². The second-order valence-electron chi connectivity index (χ2n) is 9.44. The SMILES string of the molecule is CC(C)CC[C@@H](c1ccc(C(F)(F)F)cc1)n1c(C(C)C)cc2c1C(CC(=O)O)CC2. The maximum atomic E-state index is 13.1. The van der Waals surface area contributed by atoms with Crippen LogP contribution in [0.1, 0.15) is 99.3 Å². The van der Waals surface area contributed by atoms with Gasteiger partial charge in [-0.1, -0.05) is 39.8 Å². The fourth-order valence-corrected chi connectivity index (χ4v) is 4.77. The van der Waals surface area contributed by atoms with E-state index in [-0.39, 0.29) is 24.3 Å². The van der Waals surface area contributed by atoms with Crippen LogP contribution in [0, 0.1) is 5.92 Å². The predicted molar refractivity (Wildman–Crippen MR) is 115 cm³/mol. The Kier molecular flexibility index (Phi) is 6.87. The molecule has 31 heavy (non-hydrogen) atoms. The fraction of sp³-hybridized carbons (Fsp3) is 0.560. The second kappa shape index (κ2) is 9.09. The number of hydrogen-bond donors (Lipinski definition) is 1. The number of fused-ring (bicyclic) bond motifs is 1. The lowest BCUT2D eigenvalue weighted by Crippen LogP contribution is -2.20. The van der Waals surface area contributed by atoms with Crippen molar-refractivity contribution in [2.24, 2.45) is 5.92 Å². The molecule has 6 heteroatoms. The summed E-state index contributed by atoms with van der Waals surface area (Å²) >= 11 is 0. The van der Waals surface area contributed by atoms with Gasteiger partial charge in [-0.15, -0.1) is 0 Å². The van der Waals surface area contributed by atoms with Gasteiger partial charge in [0.05, 0.1) is 18.0 Å². The highest BCUT2D eigenvalue weighted by Crippen LogP contribution is 2.43. The first kappa shape index (κ1) is 23.4. The van der Waals surface area contributed by atoms with Crippen molar-refractivity contribution in [1.29, 1.82) is 0 Å². The molecule has 0 radical (unpaired) electrons. The van der Waals surface area contributed by atoms with E-state index in [1.165, 1.54) is 5.56 Å². The van der Waals surface area contributed by atoms with E-state index in [2.05, 4.69) is 38.3 Å². The number of hydrogen-bond acceptors (Lipinski definition) is 1. The van der Waals surface area contributed by atoms with Crippen LogP contribution in [-0.2, 0) is 17.4 Å². The van der Waals surface area contributed by atoms with Gasteiger partial charge in [0.2, 0.25) is 0 Å². The van der Waals surface area contributed by atoms with Crippen LogP contribution in [-0.4, -0.2) is 15.6 Å². The van der Waals surface area contributed by atoms with Gasteiger partial charge < -0.3 is 9.67 Å². The molecule has 0 spiro atoms. The van der Waals surface area contributed by atoms with Crippen LogP contribution in [0.3, 0.4) is 0 Å². The van der Waals surface area contributed by atoms with Gasteiger partial charge in [-0.3, -0.25) is 4.79 Å².